The van der Waals surface area contributed by atoms with Gasteiger partial charge in [0.25, 0.3) is 0 Å². The molecule has 0 saturated carbocycles. The molecule has 0 amide bonds. The van der Waals surface area contributed by atoms with Gasteiger partial charge in [0.2, 0.25) is 0 Å². The quantitative estimate of drug-likeness (QED) is 0.797. The van der Waals surface area contributed by atoms with E-state index in [4.69, 9.17) is 4.74 Å². The largest absolute Gasteiger partial charge is 0.494 e. The third kappa shape index (κ3) is 2.87. The topological polar surface area (TPSA) is 37.9 Å². The Bertz CT molecular complexity index is 459. The fourth-order valence-electron chi connectivity index (χ4n) is 1.61. The minimum absolute atomic E-state index is 0.777. The maximum absolute atomic E-state index is 5.61. The van der Waals surface area contributed by atoms with Crippen molar-refractivity contribution in [2.24, 2.45) is 0 Å². The van der Waals surface area contributed by atoms with Crippen LogP contribution in [-0.2, 0) is 0 Å². The molecular weight excluding hydrogens is 212 g/mol. The van der Waals surface area contributed by atoms with Gasteiger partial charge in [0, 0.05) is 11.8 Å². The average Bonchev–Trinajstić information content (AvgIpc) is 2.77. The molecule has 1 heterocycles. The molecule has 0 spiro atoms. The summed E-state index contributed by atoms with van der Waals surface area (Å²) < 4.78 is 5.61. The van der Waals surface area contributed by atoms with Gasteiger partial charge in [-0.2, -0.15) is 5.10 Å². The number of hydrogen-bond acceptors (Lipinski definition) is 2. The lowest BCUT2D eigenvalue weighted by molar-refractivity contribution is 0.309. The zero-order valence-electron chi connectivity index (χ0n) is 10.1. The van der Waals surface area contributed by atoms with Crippen molar-refractivity contribution in [1.29, 1.82) is 0 Å². The summed E-state index contributed by atoms with van der Waals surface area (Å²) in [5.74, 6) is 0.906. The highest BCUT2D eigenvalue weighted by atomic mass is 16.5. The third-order valence-electron chi connectivity index (χ3n) is 2.61. The molecule has 89 valence electrons. The molecule has 0 aliphatic heterocycles. The van der Waals surface area contributed by atoms with Crippen LogP contribution in [-0.4, -0.2) is 16.8 Å². The molecule has 0 unspecified atom stereocenters. The molecule has 1 aromatic heterocycles. The maximum atomic E-state index is 5.61. The summed E-state index contributed by atoms with van der Waals surface area (Å²) in [6.45, 7) is 6.84. The Labute approximate surface area is 102 Å². The first-order valence-electron chi connectivity index (χ1n) is 5.90. The lowest BCUT2D eigenvalue weighted by atomic mass is 10.1. The number of H-pyrrole nitrogens is 1. The zero-order chi connectivity index (χ0) is 12.1. The van der Waals surface area contributed by atoms with Crippen LogP contribution in [0.25, 0.3) is 11.3 Å². The van der Waals surface area contributed by atoms with Crippen LogP contribution < -0.4 is 4.74 Å². The van der Waals surface area contributed by atoms with Gasteiger partial charge in [0.1, 0.15) is 5.75 Å². The fourth-order valence-corrected chi connectivity index (χ4v) is 1.61. The van der Waals surface area contributed by atoms with Crippen LogP contribution in [0.5, 0.6) is 5.75 Å². The molecule has 3 heteroatoms. The van der Waals surface area contributed by atoms with E-state index in [2.05, 4.69) is 24.0 Å². The Morgan fingerprint density at radius 1 is 1.29 bits per heavy atom. The molecule has 1 radical (unpaired) electrons. The second-order valence-electron chi connectivity index (χ2n) is 3.99. The van der Waals surface area contributed by atoms with Gasteiger partial charge in [-0.25, -0.2) is 0 Å². The van der Waals surface area contributed by atoms with Crippen molar-refractivity contribution < 1.29 is 4.74 Å². The van der Waals surface area contributed by atoms with Gasteiger partial charge in [-0.15, -0.1) is 0 Å². The molecule has 17 heavy (non-hydrogen) atoms. The van der Waals surface area contributed by atoms with Crippen molar-refractivity contribution in [2.45, 2.75) is 19.8 Å². The van der Waals surface area contributed by atoms with E-state index < -0.39 is 0 Å². The maximum Gasteiger partial charge on any atom is 0.119 e. The van der Waals surface area contributed by atoms with Crippen LogP contribution in [0.4, 0.5) is 0 Å². The summed E-state index contributed by atoms with van der Waals surface area (Å²) in [7, 11) is 0. The standard InChI is InChI=1S/C14H17N2O/c1-3-4-9-17-13-7-5-12(6-8-13)14-11(2)10-15-16-14/h5-8,10H,2-4,9H2,1H3,(H,15,16). The first kappa shape index (κ1) is 11.7. The Morgan fingerprint density at radius 3 is 2.65 bits per heavy atom. The summed E-state index contributed by atoms with van der Waals surface area (Å²) in [6.07, 6.45) is 4.03. The molecule has 0 aliphatic carbocycles. The zero-order valence-corrected chi connectivity index (χ0v) is 10.1. The number of aromatic nitrogens is 2. The molecule has 1 N–H and O–H groups in total. The third-order valence-corrected chi connectivity index (χ3v) is 2.61. The highest BCUT2D eigenvalue weighted by molar-refractivity contribution is 5.64. The highest BCUT2D eigenvalue weighted by Crippen LogP contribution is 2.23. The summed E-state index contributed by atoms with van der Waals surface area (Å²) in [4.78, 5) is 0. The van der Waals surface area contributed by atoms with Gasteiger partial charge < -0.3 is 4.74 Å². The molecule has 3 nitrogen and oxygen atoms in total. The van der Waals surface area contributed by atoms with Crippen molar-refractivity contribution in [1.82, 2.24) is 10.2 Å². The molecular formula is C14H17N2O. The number of hydrogen-bond donors (Lipinski definition) is 1. The van der Waals surface area contributed by atoms with E-state index in [0.717, 1.165) is 42.0 Å². The van der Waals surface area contributed by atoms with Gasteiger partial charge in [-0.05, 0) is 43.2 Å². The van der Waals surface area contributed by atoms with E-state index in [-0.39, 0.29) is 0 Å². The number of nitrogens with zero attached hydrogens (tertiary/aromatic N) is 1. The van der Waals surface area contributed by atoms with Gasteiger partial charge in [0.05, 0.1) is 12.3 Å². The molecule has 0 bridgehead atoms. The Kier molecular flexibility index (Phi) is 3.81. The van der Waals surface area contributed by atoms with Gasteiger partial charge in [-0.1, -0.05) is 13.3 Å². The molecule has 2 aromatic rings. The average molecular weight is 229 g/mol. The normalized spacial score (nSPS) is 10.5. The Hall–Kier alpha value is -1.77. The van der Waals surface area contributed by atoms with Crippen LogP contribution in [0.15, 0.2) is 30.5 Å². The first-order chi connectivity index (χ1) is 8.31. The number of rotatable bonds is 5. The van der Waals surface area contributed by atoms with Crippen LogP contribution in [0.1, 0.15) is 25.3 Å². The minimum atomic E-state index is 0.777. The SMILES string of the molecule is [CH2]c1c[nH]nc1-c1ccc(OCCCC)cc1. The summed E-state index contributed by atoms with van der Waals surface area (Å²) >= 11 is 0. The number of unbranched alkanes of at least 4 members (excludes halogenated alkanes) is 1. The van der Waals surface area contributed by atoms with E-state index in [1.54, 1.807) is 6.20 Å². The number of nitrogens with one attached hydrogen (secondary N) is 1. The second kappa shape index (κ2) is 5.53. The number of benzene rings is 1. The van der Waals surface area contributed by atoms with Crippen molar-refractivity contribution in [3.05, 3.63) is 42.9 Å². The van der Waals surface area contributed by atoms with E-state index >= 15 is 0 Å². The smallest absolute Gasteiger partial charge is 0.119 e. The monoisotopic (exact) mass is 229 g/mol. The second-order valence-corrected chi connectivity index (χ2v) is 3.99. The van der Waals surface area contributed by atoms with Crippen LogP contribution in [0.3, 0.4) is 0 Å². The van der Waals surface area contributed by atoms with E-state index in [1.807, 2.05) is 24.3 Å². The predicted octanol–water partition coefficient (Wildman–Crippen LogP) is 3.44. The predicted molar refractivity (Wildman–Crippen MR) is 68.9 cm³/mol. The van der Waals surface area contributed by atoms with Crippen LogP contribution >= 0.6 is 0 Å². The Balaban J connectivity index is 2.06. The molecule has 2 rings (SSSR count). The molecule has 0 atom stereocenters. The Morgan fingerprint density at radius 2 is 2.06 bits per heavy atom. The summed E-state index contributed by atoms with van der Waals surface area (Å²) in [5.41, 5.74) is 2.86. The van der Waals surface area contributed by atoms with Gasteiger partial charge >= 0.3 is 0 Å². The minimum Gasteiger partial charge on any atom is -0.494 e. The number of aromatic amines is 1. The summed E-state index contributed by atoms with van der Waals surface area (Å²) in [6, 6.07) is 7.95. The van der Waals surface area contributed by atoms with E-state index in [9.17, 15) is 0 Å². The van der Waals surface area contributed by atoms with Crippen LogP contribution in [0, 0.1) is 6.92 Å². The molecule has 1 aromatic carbocycles. The van der Waals surface area contributed by atoms with Gasteiger partial charge in [-0.3, -0.25) is 5.10 Å². The molecule has 0 fully saturated rings. The first-order valence-corrected chi connectivity index (χ1v) is 5.90. The van der Waals surface area contributed by atoms with E-state index in [0.29, 0.717) is 0 Å². The van der Waals surface area contributed by atoms with Crippen molar-refractivity contribution in [3.63, 3.8) is 0 Å². The number of ether oxygens (including phenoxy) is 1. The lowest BCUT2D eigenvalue weighted by Crippen LogP contribution is -1.96. The summed E-state index contributed by atoms with van der Waals surface area (Å²) in [5, 5.41) is 6.97. The highest BCUT2D eigenvalue weighted by Gasteiger charge is 2.04. The van der Waals surface area contributed by atoms with Crippen LogP contribution in [0.2, 0.25) is 0 Å². The van der Waals surface area contributed by atoms with Crippen molar-refractivity contribution in [2.75, 3.05) is 6.61 Å². The van der Waals surface area contributed by atoms with Crippen molar-refractivity contribution >= 4 is 0 Å². The fraction of sp³-hybridized carbons (Fsp3) is 0.286. The van der Waals surface area contributed by atoms with Gasteiger partial charge in [0.15, 0.2) is 0 Å². The van der Waals surface area contributed by atoms with Crippen molar-refractivity contribution in [3.8, 4) is 17.0 Å². The molecule has 0 saturated heterocycles. The van der Waals surface area contributed by atoms with E-state index in [1.165, 1.54) is 0 Å². The molecule has 0 aliphatic rings. The lowest BCUT2D eigenvalue weighted by Gasteiger charge is -2.05.